The molecule has 0 radical (unpaired) electrons. The molecule has 3 aromatic heterocycles. The Morgan fingerprint density at radius 3 is 2.71 bits per heavy atom. The first-order valence-corrected chi connectivity index (χ1v) is 10.4. The van der Waals surface area contributed by atoms with Crippen molar-refractivity contribution in [2.24, 2.45) is 0 Å². The van der Waals surface area contributed by atoms with Gasteiger partial charge in [0.05, 0.1) is 11.2 Å². The zero-order valence-electron chi connectivity index (χ0n) is 16.3. The fraction of sp³-hybridized carbons (Fsp3) is 0.500. The van der Waals surface area contributed by atoms with E-state index >= 15 is 0 Å². The molecule has 4 rings (SSSR count). The molecule has 0 saturated carbocycles. The summed E-state index contributed by atoms with van der Waals surface area (Å²) >= 11 is 1.74. The molecule has 0 atom stereocenters. The smallest absolute Gasteiger partial charge is 0.258 e. The van der Waals surface area contributed by atoms with Crippen molar-refractivity contribution >= 4 is 11.3 Å². The molecule has 8 heteroatoms. The largest absolute Gasteiger partial charge is 0.385 e. The van der Waals surface area contributed by atoms with Crippen LogP contribution in [0, 0.1) is 6.92 Å². The third-order valence-electron chi connectivity index (χ3n) is 5.64. The number of piperidine rings is 1. The Morgan fingerprint density at radius 2 is 2.04 bits per heavy atom. The second kappa shape index (κ2) is 8.46. The fourth-order valence-electron chi connectivity index (χ4n) is 3.75. The van der Waals surface area contributed by atoms with Crippen molar-refractivity contribution in [1.82, 2.24) is 25.0 Å². The molecule has 1 aliphatic rings. The van der Waals surface area contributed by atoms with Gasteiger partial charge >= 0.3 is 0 Å². The summed E-state index contributed by atoms with van der Waals surface area (Å²) in [4.78, 5) is 17.0. The van der Waals surface area contributed by atoms with Gasteiger partial charge in [-0.05, 0) is 51.4 Å². The normalized spacial score (nSPS) is 17.1. The molecule has 0 spiro atoms. The molecule has 28 heavy (non-hydrogen) atoms. The number of hydrogen-bond acceptors (Lipinski definition) is 8. The van der Waals surface area contributed by atoms with Crippen LogP contribution in [0.15, 0.2) is 34.6 Å². The summed E-state index contributed by atoms with van der Waals surface area (Å²) in [6.45, 7) is 5.73. The molecule has 148 valence electrons. The molecule has 3 aromatic rings. The maximum absolute atomic E-state index is 5.59. The first-order chi connectivity index (χ1) is 13.7. The lowest BCUT2D eigenvalue weighted by molar-refractivity contribution is 0.103. The quantitative estimate of drug-likeness (QED) is 0.602. The van der Waals surface area contributed by atoms with E-state index in [0.717, 1.165) is 56.0 Å². The van der Waals surface area contributed by atoms with E-state index in [0.29, 0.717) is 12.5 Å². The minimum absolute atomic E-state index is 0.107. The molecule has 1 saturated heterocycles. The van der Waals surface area contributed by atoms with Gasteiger partial charge in [-0.15, -0.1) is 11.3 Å². The van der Waals surface area contributed by atoms with Crippen molar-refractivity contribution < 1.29 is 9.26 Å². The fourth-order valence-corrected chi connectivity index (χ4v) is 4.57. The molecule has 0 amide bonds. The zero-order chi connectivity index (χ0) is 19.4. The summed E-state index contributed by atoms with van der Waals surface area (Å²) in [6, 6.07) is 3.78. The van der Waals surface area contributed by atoms with Crippen LogP contribution < -0.4 is 0 Å². The summed E-state index contributed by atoms with van der Waals surface area (Å²) in [5.41, 5.74) is 3.86. The Labute approximate surface area is 168 Å². The van der Waals surface area contributed by atoms with Crippen LogP contribution in [0.2, 0.25) is 0 Å². The van der Waals surface area contributed by atoms with Gasteiger partial charge in [0.2, 0.25) is 0 Å². The average Bonchev–Trinajstić information content (AvgIpc) is 3.39. The molecular formula is C20H25N5O2S. The van der Waals surface area contributed by atoms with Crippen LogP contribution in [0.25, 0.3) is 11.5 Å². The second-order valence-electron chi connectivity index (χ2n) is 7.32. The van der Waals surface area contributed by atoms with Crippen LogP contribution >= 0.6 is 11.3 Å². The molecule has 0 aliphatic carbocycles. The van der Waals surface area contributed by atoms with Gasteiger partial charge in [-0.25, -0.2) is 4.98 Å². The van der Waals surface area contributed by atoms with Crippen LogP contribution in [0.5, 0.6) is 0 Å². The standard InChI is InChI=1S/C20H25N5O2S/c1-15-17(28-14-22-15)13-25-10-5-20(6-11-25,7-12-26-2)19-23-18(27-24-19)16-3-8-21-9-4-16/h3-4,8-9,14H,5-7,10-13H2,1-2H3. The SMILES string of the molecule is COCCC1(c2noc(-c3ccncc3)n2)CCN(Cc2scnc2C)CC1. The van der Waals surface area contributed by atoms with E-state index in [4.69, 9.17) is 14.2 Å². The molecular weight excluding hydrogens is 374 g/mol. The number of thiazole rings is 1. The highest BCUT2D eigenvalue weighted by molar-refractivity contribution is 7.09. The average molecular weight is 400 g/mol. The minimum atomic E-state index is -0.107. The van der Waals surface area contributed by atoms with E-state index in [1.807, 2.05) is 17.6 Å². The summed E-state index contributed by atoms with van der Waals surface area (Å²) in [7, 11) is 1.74. The molecule has 1 fully saturated rings. The van der Waals surface area contributed by atoms with Crippen molar-refractivity contribution in [2.45, 2.75) is 38.1 Å². The van der Waals surface area contributed by atoms with E-state index < -0.39 is 0 Å². The van der Waals surface area contributed by atoms with Crippen molar-refractivity contribution in [3.8, 4) is 11.5 Å². The summed E-state index contributed by atoms with van der Waals surface area (Å²) in [5.74, 6) is 1.35. The lowest BCUT2D eigenvalue weighted by Crippen LogP contribution is -2.43. The third-order valence-corrected chi connectivity index (χ3v) is 6.56. The summed E-state index contributed by atoms with van der Waals surface area (Å²) in [5, 5.41) is 4.37. The molecule has 0 aromatic carbocycles. The highest BCUT2D eigenvalue weighted by atomic mass is 32.1. The second-order valence-corrected chi connectivity index (χ2v) is 8.26. The zero-order valence-corrected chi connectivity index (χ0v) is 17.1. The third kappa shape index (κ3) is 3.99. The lowest BCUT2D eigenvalue weighted by atomic mass is 9.75. The summed E-state index contributed by atoms with van der Waals surface area (Å²) < 4.78 is 11.0. The van der Waals surface area contributed by atoms with Gasteiger partial charge in [-0.1, -0.05) is 5.16 Å². The number of methoxy groups -OCH3 is 1. The number of ether oxygens (including phenoxy) is 1. The van der Waals surface area contributed by atoms with Crippen LogP contribution in [-0.2, 0) is 16.7 Å². The summed E-state index contributed by atoms with van der Waals surface area (Å²) in [6.07, 6.45) is 6.35. The van der Waals surface area contributed by atoms with Crippen LogP contribution in [0.4, 0.5) is 0 Å². The maximum atomic E-state index is 5.59. The Bertz CT molecular complexity index is 887. The number of hydrogen-bond donors (Lipinski definition) is 0. The molecule has 0 unspecified atom stereocenters. The van der Waals surface area contributed by atoms with Crippen LogP contribution in [0.3, 0.4) is 0 Å². The molecule has 0 bridgehead atoms. The van der Waals surface area contributed by atoms with E-state index in [2.05, 4.69) is 26.9 Å². The van der Waals surface area contributed by atoms with Crippen molar-refractivity contribution in [1.29, 1.82) is 0 Å². The Balaban J connectivity index is 1.50. The Hall–Kier alpha value is -2.16. The first-order valence-electron chi connectivity index (χ1n) is 9.55. The number of nitrogens with zero attached hydrogens (tertiary/aromatic N) is 5. The number of pyridine rings is 1. The predicted molar refractivity (Wildman–Crippen MR) is 107 cm³/mol. The molecule has 1 aliphatic heterocycles. The Kier molecular flexibility index (Phi) is 5.79. The first kappa shape index (κ1) is 19.2. The Morgan fingerprint density at radius 1 is 1.25 bits per heavy atom. The predicted octanol–water partition coefficient (Wildman–Crippen LogP) is 3.47. The van der Waals surface area contributed by atoms with Gasteiger partial charge in [0.1, 0.15) is 0 Å². The van der Waals surface area contributed by atoms with Gasteiger partial charge in [0.15, 0.2) is 5.82 Å². The maximum Gasteiger partial charge on any atom is 0.258 e. The van der Waals surface area contributed by atoms with Gasteiger partial charge < -0.3 is 9.26 Å². The highest BCUT2D eigenvalue weighted by Crippen LogP contribution is 2.38. The van der Waals surface area contributed by atoms with Crippen molar-refractivity contribution in [3.05, 3.63) is 46.4 Å². The van der Waals surface area contributed by atoms with E-state index in [1.165, 1.54) is 4.88 Å². The number of aryl methyl sites for hydroxylation is 1. The molecule has 0 N–H and O–H groups in total. The number of rotatable bonds is 7. The van der Waals surface area contributed by atoms with E-state index in [9.17, 15) is 0 Å². The van der Waals surface area contributed by atoms with Gasteiger partial charge in [0.25, 0.3) is 5.89 Å². The van der Waals surface area contributed by atoms with E-state index in [1.54, 1.807) is 30.8 Å². The van der Waals surface area contributed by atoms with Gasteiger partial charge in [0, 0.05) is 48.5 Å². The molecule has 7 nitrogen and oxygen atoms in total. The highest BCUT2D eigenvalue weighted by Gasteiger charge is 2.40. The lowest BCUT2D eigenvalue weighted by Gasteiger charge is -2.39. The number of likely N-dealkylation sites (tertiary alicyclic amines) is 1. The monoisotopic (exact) mass is 399 g/mol. The topological polar surface area (TPSA) is 77.2 Å². The van der Waals surface area contributed by atoms with Crippen LogP contribution in [0.1, 0.15) is 35.7 Å². The van der Waals surface area contributed by atoms with Gasteiger partial charge in [-0.3, -0.25) is 9.88 Å². The van der Waals surface area contributed by atoms with Crippen LogP contribution in [-0.4, -0.2) is 51.8 Å². The van der Waals surface area contributed by atoms with Crippen molar-refractivity contribution in [3.63, 3.8) is 0 Å². The van der Waals surface area contributed by atoms with Crippen molar-refractivity contribution in [2.75, 3.05) is 26.8 Å². The van der Waals surface area contributed by atoms with Gasteiger partial charge in [-0.2, -0.15) is 4.98 Å². The van der Waals surface area contributed by atoms with E-state index in [-0.39, 0.29) is 5.41 Å². The minimum Gasteiger partial charge on any atom is -0.385 e. The molecule has 4 heterocycles. The number of aromatic nitrogens is 4.